The molecule has 0 aliphatic heterocycles. The summed E-state index contributed by atoms with van der Waals surface area (Å²) in [6.45, 7) is 1.91. The van der Waals surface area contributed by atoms with Gasteiger partial charge in [-0.1, -0.05) is 12.5 Å². The number of carbonyl (C=O) groups is 2. The molecule has 6 nitrogen and oxygen atoms in total. The molecule has 24 heavy (non-hydrogen) atoms. The highest BCUT2D eigenvalue weighted by Gasteiger charge is 2.31. The first-order valence-corrected chi connectivity index (χ1v) is 8.09. The molecule has 2 aromatic rings. The van der Waals surface area contributed by atoms with E-state index in [9.17, 15) is 9.59 Å². The maximum Gasteiger partial charge on any atom is 0.306 e. The molecule has 0 saturated heterocycles. The maximum absolute atomic E-state index is 12.5. The van der Waals surface area contributed by atoms with Gasteiger partial charge >= 0.3 is 5.97 Å². The largest absolute Gasteiger partial charge is 0.481 e. The minimum absolute atomic E-state index is 0.117. The Morgan fingerprint density at radius 2 is 2.08 bits per heavy atom. The van der Waals surface area contributed by atoms with Gasteiger partial charge in [0.05, 0.1) is 12.1 Å². The van der Waals surface area contributed by atoms with Gasteiger partial charge in [0, 0.05) is 17.2 Å². The molecule has 2 N–H and O–H groups in total. The van der Waals surface area contributed by atoms with Crippen LogP contribution in [0, 0.1) is 18.8 Å². The SMILES string of the molecule is Cc1ccc(-c2ncco2)cc1NC(=O)C1CCCC(C(=O)O)C1. The molecular weight excluding hydrogens is 308 g/mol. The Hall–Kier alpha value is -2.63. The van der Waals surface area contributed by atoms with Crippen LogP contribution in [-0.4, -0.2) is 22.0 Å². The van der Waals surface area contributed by atoms with E-state index >= 15 is 0 Å². The molecule has 1 heterocycles. The van der Waals surface area contributed by atoms with Gasteiger partial charge in [0.25, 0.3) is 0 Å². The second-order valence-electron chi connectivity index (χ2n) is 6.25. The molecule has 1 aromatic carbocycles. The molecule has 126 valence electrons. The van der Waals surface area contributed by atoms with Gasteiger partial charge in [0.2, 0.25) is 11.8 Å². The van der Waals surface area contributed by atoms with Gasteiger partial charge < -0.3 is 14.8 Å². The molecule has 1 fully saturated rings. The third-order valence-electron chi connectivity index (χ3n) is 4.57. The van der Waals surface area contributed by atoms with E-state index in [1.807, 2.05) is 25.1 Å². The molecule has 3 rings (SSSR count). The number of amides is 1. The first kappa shape index (κ1) is 16.2. The number of carboxylic acid groups (broad SMARTS) is 1. The Morgan fingerprint density at radius 3 is 2.79 bits per heavy atom. The lowest BCUT2D eigenvalue weighted by atomic mass is 9.81. The van der Waals surface area contributed by atoms with E-state index in [-0.39, 0.29) is 11.8 Å². The number of benzene rings is 1. The zero-order valence-electron chi connectivity index (χ0n) is 13.5. The molecule has 2 unspecified atom stereocenters. The van der Waals surface area contributed by atoms with E-state index in [2.05, 4.69) is 10.3 Å². The summed E-state index contributed by atoms with van der Waals surface area (Å²) in [6, 6.07) is 5.62. The fraction of sp³-hybridized carbons (Fsp3) is 0.389. The number of nitrogens with zero attached hydrogens (tertiary/aromatic N) is 1. The summed E-state index contributed by atoms with van der Waals surface area (Å²) in [6.07, 6.45) is 5.62. The van der Waals surface area contributed by atoms with Gasteiger partial charge in [0.15, 0.2) is 0 Å². The summed E-state index contributed by atoms with van der Waals surface area (Å²) in [7, 11) is 0. The molecule has 0 radical (unpaired) electrons. The maximum atomic E-state index is 12.5. The van der Waals surface area contributed by atoms with Crippen LogP contribution in [-0.2, 0) is 9.59 Å². The van der Waals surface area contributed by atoms with Crippen LogP contribution in [0.2, 0.25) is 0 Å². The molecule has 1 aliphatic rings. The number of aliphatic carboxylic acids is 1. The van der Waals surface area contributed by atoms with Crippen molar-refractivity contribution in [2.24, 2.45) is 11.8 Å². The quantitative estimate of drug-likeness (QED) is 0.896. The van der Waals surface area contributed by atoms with Crippen LogP contribution in [0.25, 0.3) is 11.5 Å². The monoisotopic (exact) mass is 328 g/mol. The lowest BCUT2D eigenvalue weighted by Gasteiger charge is -2.26. The van der Waals surface area contributed by atoms with Crippen molar-refractivity contribution in [2.75, 3.05) is 5.32 Å². The first-order chi connectivity index (χ1) is 11.5. The predicted octanol–water partition coefficient (Wildman–Crippen LogP) is 3.48. The van der Waals surface area contributed by atoms with Crippen LogP contribution in [0.5, 0.6) is 0 Å². The van der Waals surface area contributed by atoms with Crippen LogP contribution in [0.3, 0.4) is 0 Å². The topological polar surface area (TPSA) is 92.4 Å². The van der Waals surface area contributed by atoms with Gasteiger partial charge in [-0.15, -0.1) is 0 Å². The summed E-state index contributed by atoms with van der Waals surface area (Å²) >= 11 is 0. The fourth-order valence-electron chi connectivity index (χ4n) is 3.14. The van der Waals surface area contributed by atoms with E-state index < -0.39 is 11.9 Å². The molecule has 0 bridgehead atoms. The van der Waals surface area contributed by atoms with Gasteiger partial charge in [-0.25, -0.2) is 4.98 Å². The normalized spacial score (nSPS) is 20.5. The zero-order chi connectivity index (χ0) is 17.1. The predicted molar refractivity (Wildman–Crippen MR) is 88.4 cm³/mol. The van der Waals surface area contributed by atoms with Crippen LogP contribution in [0.15, 0.2) is 35.1 Å². The molecule has 1 amide bonds. The minimum Gasteiger partial charge on any atom is -0.481 e. The number of aryl methyl sites for hydroxylation is 1. The Kier molecular flexibility index (Phi) is 4.64. The number of hydrogen-bond donors (Lipinski definition) is 2. The van der Waals surface area contributed by atoms with Crippen molar-refractivity contribution in [2.45, 2.75) is 32.6 Å². The number of carbonyl (C=O) groups excluding carboxylic acids is 1. The second kappa shape index (κ2) is 6.86. The first-order valence-electron chi connectivity index (χ1n) is 8.09. The highest BCUT2D eigenvalue weighted by atomic mass is 16.4. The Labute approximate surface area is 139 Å². The van der Waals surface area contributed by atoms with Crippen molar-refractivity contribution in [3.63, 3.8) is 0 Å². The van der Waals surface area contributed by atoms with Gasteiger partial charge in [-0.05, 0) is 43.9 Å². The standard InChI is InChI=1S/C18H20N2O4/c1-11-5-6-13(17-19-7-8-24-17)10-15(11)20-16(21)12-3-2-4-14(9-12)18(22)23/h5-8,10,12,14H,2-4,9H2,1H3,(H,20,21)(H,22,23). The van der Waals surface area contributed by atoms with Gasteiger partial charge in [-0.3, -0.25) is 9.59 Å². The van der Waals surface area contributed by atoms with E-state index in [0.717, 1.165) is 24.0 Å². The van der Waals surface area contributed by atoms with Crippen molar-refractivity contribution in [1.29, 1.82) is 0 Å². The average Bonchev–Trinajstić information content (AvgIpc) is 3.11. The van der Waals surface area contributed by atoms with E-state index in [4.69, 9.17) is 9.52 Å². The Balaban J connectivity index is 1.74. The highest BCUT2D eigenvalue weighted by Crippen LogP contribution is 2.31. The van der Waals surface area contributed by atoms with Crippen LogP contribution in [0.4, 0.5) is 5.69 Å². The number of anilines is 1. The third kappa shape index (κ3) is 3.48. The number of rotatable bonds is 4. The third-order valence-corrected chi connectivity index (χ3v) is 4.57. The highest BCUT2D eigenvalue weighted by molar-refractivity contribution is 5.94. The van der Waals surface area contributed by atoms with Crippen LogP contribution >= 0.6 is 0 Å². The summed E-state index contributed by atoms with van der Waals surface area (Å²) in [4.78, 5) is 27.8. The fourth-order valence-corrected chi connectivity index (χ4v) is 3.14. The number of carboxylic acids is 1. The van der Waals surface area contributed by atoms with Crippen molar-refractivity contribution in [3.05, 3.63) is 36.2 Å². The Bertz CT molecular complexity index is 739. The van der Waals surface area contributed by atoms with Crippen LogP contribution in [0.1, 0.15) is 31.2 Å². The number of nitrogens with one attached hydrogen (secondary N) is 1. The molecule has 1 saturated carbocycles. The summed E-state index contributed by atoms with van der Waals surface area (Å²) in [5, 5.41) is 12.1. The molecule has 0 spiro atoms. The molecule has 2 atom stereocenters. The average molecular weight is 328 g/mol. The lowest BCUT2D eigenvalue weighted by Crippen LogP contribution is -2.31. The van der Waals surface area contributed by atoms with Gasteiger partial charge in [0.1, 0.15) is 6.26 Å². The molecule has 6 heteroatoms. The summed E-state index contributed by atoms with van der Waals surface area (Å²) in [5.41, 5.74) is 2.42. The van der Waals surface area contributed by atoms with Crippen molar-refractivity contribution in [1.82, 2.24) is 4.98 Å². The van der Waals surface area contributed by atoms with E-state index in [0.29, 0.717) is 24.4 Å². The number of oxazole rings is 1. The smallest absolute Gasteiger partial charge is 0.306 e. The molecule has 1 aromatic heterocycles. The van der Waals surface area contributed by atoms with Crippen molar-refractivity contribution >= 4 is 17.6 Å². The lowest BCUT2D eigenvalue weighted by molar-refractivity contribution is -0.143. The van der Waals surface area contributed by atoms with Crippen LogP contribution < -0.4 is 5.32 Å². The summed E-state index contributed by atoms with van der Waals surface area (Å²) < 4.78 is 5.29. The van der Waals surface area contributed by atoms with Gasteiger partial charge in [-0.2, -0.15) is 0 Å². The van der Waals surface area contributed by atoms with E-state index in [1.165, 1.54) is 6.26 Å². The molecular formula is C18H20N2O4. The van der Waals surface area contributed by atoms with E-state index in [1.54, 1.807) is 6.20 Å². The second-order valence-corrected chi connectivity index (χ2v) is 6.25. The van der Waals surface area contributed by atoms with Crippen molar-refractivity contribution < 1.29 is 19.1 Å². The Morgan fingerprint density at radius 1 is 1.29 bits per heavy atom. The number of aromatic nitrogens is 1. The zero-order valence-corrected chi connectivity index (χ0v) is 13.5. The molecule has 1 aliphatic carbocycles. The van der Waals surface area contributed by atoms with Crippen molar-refractivity contribution in [3.8, 4) is 11.5 Å². The number of hydrogen-bond acceptors (Lipinski definition) is 4. The minimum atomic E-state index is -0.811. The summed E-state index contributed by atoms with van der Waals surface area (Å²) in [5.74, 6) is -1.11.